The molecule has 0 aliphatic carbocycles. The van der Waals surface area contributed by atoms with Gasteiger partial charge in [-0.3, -0.25) is 14.4 Å². The van der Waals surface area contributed by atoms with Crippen LogP contribution < -0.4 is 5.32 Å². The van der Waals surface area contributed by atoms with Crippen LogP contribution in [0.1, 0.15) is 59.8 Å². The normalized spacial score (nSPS) is 35.3. The van der Waals surface area contributed by atoms with E-state index in [-0.39, 0.29) is 31.1 Å². The minimum Gasteiger partial charge on any atom is -0.466 e. The van der Waals surface area contributed by atoms with E-state index in [4.69, 9.17) is 14.6 Å². The molecule has 2 amide bonds. The highest BCUT2D eigenvalue weighted by Crippen LogP contribution is 2.63. The number of hydrogen-bond donors (Lipinski definition) is 2. The summed E-state index contributed by atoms with van der Waals surface area (Å²) in [5.41, 5.74) is -1.77. The molecule has 2 N–H and O–H groups in total. The SMILES string of the molecule is CCOC(=O)[C@@H]1[C@H]2C(=O)N(CCCCCO)C(C(=O)NC(C)C)C23CC[C@@]1(C)O3. The molecule has 0 aromatic rings. The first-order valence-electron chi connectivity index (χ1n) is 10.8. The van der Waals surface area contributed by atoms with Crippen LogP contribution in [0.25, 0.3) is 0 Å². The van der Waals surface area contributed by atoms with Gasteiger partial charge in [0.25, 0.3) is 0 Å². The van der Waals surface area contributed by atoms with Crippen molar-refractivity contribution in [2.75, 3.05) is 19.8 Å². The van der Waals surface area contributed by atoms with Gasteiger partial charge in [-0.25, -0.2) is 0 Å². The van der Waals surface area contributed by atoms with Crippen molar-refractivity contribution >= 4 is 17.8 Å². The molecular weight excluding hydrogens is 376 g/mol. The largest absolute Gasteiger partial charge is 0.466 e. The van der Waals surface area contributed by atoms with E-state index in [1.54, 1.807) is 11.8 Å². The molecule has 0 aromatic carbocycles. The van der Waals surface area contributed by atoms with Gasteiger partial charge in [-0.05, 0) is 59.8 Å². The van der Waals surface area contributed by atoms with E-state index in [0.29, 0.717) is 32.2 Å². The Morgan fingerprint density at radius 3 is 2.66 bits per heavy atom. The third-order valence-electron chi connectivity index (χ3n) is 6.55. The molecule has 8 nitrogen and oxygen atoms in total. The number of nitrogens with one attached hydrogen (secondary N) is 1. The first kappa shape index (κ1) is 22.0. The lowest BCUT2D eigenvalue weighted by Crippen LogP contribution is -2.56. The maximum Gasteiger partial charge on any atom is 0.312 e. The van der Waals surface area contributed by atoms with Crippen LogP contribution in [-0.2, 0) is 23.9 Å². The summed E-state index contributed by atoms with van der Waals surface area (Å²) in [7, 11) is 0. The number of carbonyl (C=O) groups is 3. The lowest BCUT2D eigenvalue weighted by atomic mass is 9.66. The first-order chi connectivity index (χ1) is 13.7. The number of unbranched alkanes of at least 4 members (excludes halogenated alkanes) is 2. The Balaban J connectivity index is 1.95. The smallest absolute Gasteiger partial charge is 0.312 e. The third kappa shape index (κ3) is 3.54. The molecule has 3 aliphatic heterocycles. The molecule has 0 saturated carbocycles. The quantitative estimate of drug-likeness (QED) is 0.434. The second kappa shape index (κ2) is 8.22. The molecule has 29 heavy (non-hydrogen) atoms. The molecule has 3 fully saturated rings. The summed E-state index contributed by atoms with van der Waals surface area (Å²) in [5.74, 6) is -2.23. The molecule has 3 saturated heterocycles. The summed E-state index contributed by atoms with van der Waals surface area (Å²) in [6.45, 7) is 8.11. The average molecular weight is 411 g/mol. The molecule has 5 atom stereocenters. The molecule has 3 rings (SSSR count). The number of rotatable bonds is 9. The van der Waals surface area contributed by atoms with E-state index >= 15 is 0 Å². The molecule has 2 unspecified atom stereocenters. The van der Waals surface area contributed by atoms with Crippen molar-refractivity contribution < 1.29 is 29.0 Å². The number of amides is 2. The number of esters is 1. The van der Waals surface area contributed by atoms with Crippen LogP contribution in [0.2, 0.25) is 0 Å². The molecule has 3 aliphatic rings. The average Bonchev–Trinajstić information content (AvgIpc) is 3.19. The minimum absolute atomic E-state index is 0.0701. The summed E-state index contributed by atoms with van der Waals surface area (Å²) in [6.07, 6.45) is 3.28. The number of ether oxygens (including phenoxy) is 2. The Bertz CT molecular complexity index is 668. The fourth-order valence-corrected chi connectivity index (χ4v) is 5.49. The van der Waals surface area contributed by atoms with Crippen LogP contribution in [0.4, 0.5) is 0 Å². The van der Waals surface area contributed by atoms with Gasteiger partial charge < -0.3 is 24.8 Å². The highest BCUT2D eigenvalue weighted by Gasteiger charge is 2.78. The zero-order chi connectivity index (χ0) is 21.4. The van der Waals surface area contributed by atoms with E-state index in [9.17, 15) is 14.4 Å². The van der Waals surface area contributed by atoms with Crippen molar-refractivity contribution in [2.24, 2.45) is 11.8 Å². The summed E-state index contributed by atoms with van der Waals surface area (Å²) >= 11 is 0. The molecule has 2 bridgehead atoms. The van der Waals surface area contributed by atoms with Crippen LogP contribution >= 0.6 is 0 Å². The van der Waals surface area contributed by atoms with Crippen molar-refractivity contribution in [3.8, 4) is 0 Å². The highest BCUT2D eigenvalue weighted by molar-refractivity contribution is 5.98. The summed E-state index contributed by atoms with van der Waals surface area (Å²) in [6, 6.07) is -0.822. The van der Waals surface area contributed by atoms with E-state index in [1.807, 2.05) is 20.8 Å². The van der Waals surface area contributed by atoms with Gasteiger partial charge in [0, 0.05) is 19.2 Å². The van der Waals surface area contributed by atoms with Gasteiger partial charge in [-0.15, -0.1) is 0 Å². The molecule has 0 aromatic heterocycles. The van der Waals surface area contributed by atoms with E-state index < -0.39 is 35.0 Å². The molecular formula is C21H34N2O6. The Labute approximate surface area is 172 Å². The van der Waals surface area contributed by atoms with Crippen molar-refractivity contribution in [3.05, 3.63) is 0 Å². The summed E-state index contributed by atoms with van der Waals surface area (Å²) < 4.78 is 11.7. The van der Waals surface area contributed by atoms with E-state index in [0.717, 1.165) is 6.42 Å². The molecule has 3 heterocycles. The van der Waals surface area contributed by atoms with Crippen LogP contribution in [0.5, 0.6) is 0 Å². The Morgan fingerprint density at radius 1 is 1.31 bits per heavy atom. The molecule has 8 heteroatoms. The number of fused-ring (bicyclic) bond motifs is 1. The fourth-order valence-electron chi connectivity index (χ4n) is 5.49. The van der Waals surface area contributed by atoms with E-state index in [1.165, 1.54) is 0 Å². The zero-order valence-corrected chi connectivity index (χ0v) is 17.9. The maximum absolute atomic E-state index is 13.5. The highest BCUT2D eigenvalue weighted by atomic mass is 16.6. The van der Waals surface area contributed by atoms with Crippen LogP contribution in [0.3, 0.4) is 0 Å². The van der Waals surface area contributed by atoms with Gasteiger partial charge in [-0.1, -0.05) is 0 Å². The molecule has 0 radical (unpaired) electrons. The number of carbonyl (C=O) groups excluding carboxylic acids is 3. The van der Waals surface area contributed by atoms with Gasteiger partial charge in [-0.2, -0.15) is 0 Å². The number of likely N-dealkylation sites (tertiary alicyclic amines) is 1. The van der Waals surface area contributed by atoms with Crippen LogP contribution in [-0.4, -0.2) is 70.8 Å². The van der Waals surface area contributed by atoms with Crippen molar-refractivity contribution in [1.29, 1.82) is 0 Å². The van der Waals surface area contributed by atoms with Gasteiger partial charge in [0.1, 0.15) is 17.6 Å². The third-order valence-corrected chi connectivity index (χ3v) is 6.55. The fraction of sp³-hybridized carbons (Fsp3) is 0.857. The predicted molar refractivity (Wildman–Crippen MR) is 105 cm³/mol. The zero-order valence-electron chi connectivity index (χ0n) is 17.9. The summed E-state index contributed by atoms with van der Waals surface area (Å²) in [5, 5.41) is 12.0. The number of hydrogen-bond acceptors (Lipinski definition) is 6. The first-order valence-corrected chi connectivity index (χ1v) is 10.8. The van der Waals surface area contributed by atoms with Gasteiger partial charge in [0.05, 0.1) is 18.1 Å². The standard InChI is InChI=1S/C21H34N2O6/c1-5-28-19(27)15-14-18(26)23(11-7-6-8-12-24)16(17(25)22-13(2)3)21(14)10-9-20(15,4)29-21/h13-16,24H,5-12H2,1-4H3,(H,22,25)/t14-,15-,16?,20+,21?/m0/s1. The number of aliphatic hydroxyl groups excluding tert-OH is 1. The van der Waals surface area contributed by atoms with Crippen molar-refractivity contribution in [3.63, 3.8) is 0 Å². The lowest BCUT2D eigenvalue weighted by Gasteiger charge is -2.33. The Kier molecular flexibility index (Phi) is 6.24. The monoisotopic (exact) mass is 410 g/mol. The Hall–Kier alpha value is -1.67. The summed E-state index contributed by atoms with van der Waals surface area (Å²) in [4.78, 5) is 41.1. The van der Waals surface area contributed by atoms with Crippen LogP contribution in [0, 0.1) is 11.8 Å². The molecule has 164 valence electrons. The topological polar surface area (TPSA) is 105 Å². The molecule has 1 spiro atoms. The van der Waals surface area contributed by atoms with Gasteiger partial charge in [0.15, 0.2) is 0 Å². The van der Waals surface area contributed by atoms with Crippen molar-refractivity contribution in [1.82, 2.24) is 10.2 Å². The Morgan fingerprint density at radius 2 is 2.03 bits per heavy atom. The van der Waals surface area contributed by atoms with Crippen LogP contribution in [0.15, 0.2) is 0 Å². The second-order valence-electron chi connectivity index (χ2n) is 8.96. The maximum atomic E-state index is 13.5. The lowest BCUT2D eigenvalue weighted by molar-refractivity contribution is -0.159. The van der Waals surface area contributed by atoms with E-state index in [2.05, 4.69) is 5.32 Å². The second-order valence-corrected chi connectivity index (χ2v) is 8.96. The van der Waals surface area contributed by atoms with Gasteiger partial charge in [0.2, 0.25) is 11.8 Å². The minimum atomic E-state index is -0.987. The number of aliphatic hydroxyl groups is 1. The van der Waals surface area contributed by atoms with Crippen molar-refractivity contribution in [2.45, 2.75) is 83.1 Å². The van der Waals surface area contributed by atoms with Gasteiger partial charge >= 0.3 is 5.97 Å². The number of nitrogens with zero attached hydrogens (tertiary/aromatic N) is 1. The predicted octanol–water partition coefficient (Wildman–Crippen LogP) is 1.00.